The van der Waals surface area contributed by atoms with E-state index in [4.69, 9.17) is 5.73 Å². The summed E-state index contributed by atoms with van der Waals surface area (Å²) in [5, 5.41) is 10.4. The number of aryl methyl sites for hydroxylation is 2. The van der Waals surface area contributed by atoms with E-state index in [1.807, 2.05) is 25.2 Å². The highest BCUT2D eigenvalue weighted by Crippen LogP contribution is 2.23. The first-order valence-corrected chi connectivity index (χ1v) is 6.59. The monoisotopic (exact) mass is 307 g/mol. The Labute approximate surface area is 124 Å². The number of benzene rings is 1. The molecule has 0 amide bonds. The van der Waals surface area contributed by atoms with Crippen molar-refractivity contribution in [1.82, 2.24) is 24.5 Å². The van der Waals surface area contributed by atoms with Gasteiger partial charge in [0.1, 0.15) is 11.4 Å². The SMILES string of the molecule is Cn1nnc(CNc2ccc3c(c2)nc(N)n3C)c1C(F)F. The molecule has 0 aliphatic rings. The Morgan fingerprint density at radius 2 is 2.09 bits per heavy atom. The number of nitrogens with one attached hydrogen (secondary N) is 1. The van der Waals surface area contributed by atoms with Crippen molar-refractivity contribution in [2.45, 2.75) is 13.0 Å². The fraction of sp³-hybridized carbons (Fsp3) is 0.308. The number of hydrogen-bond acceptors (Lipinski definition) is 5. The third kappa shape index (κ3) is 2.34. The maximum Gasteiger partial charge on any atom is 0.281 e. The molecule has 3 rings (SSSR count). The summed E-state index contributed by atoms with van der Waals surface area (Å²) in [5.41, 5.74) is 8.17. The van der Waals surface area contributed by atoms with Crippen LogP contribution in [0.3, 0.4) is 0 Å². The molecule has 116 valence electrons. The van der Waals surface area contributed by atoms with Crippen LogP contribution in [0.2, 0.25) is 0 Å². The molecule has 1 aromatic carbocycles. The van der Waals surface area contributed by atoms with Gasteiger partial charge in [-0.25, -0.2) is 18.4 Å². The fourth-order valence-electron chi connectivity index (χ4n) is 2.31. The van der Waals surface area contributed by atoms with Gasteiger partial charge in [0.05, 0.1) is 17.6 Å². The minimum absolute atomic E-state index is 0.154. The van der Waals surface area contributed by atoms with Crippen LogP contribution in [0.1, 0.15) is 17.8 Å². The number of alkyl halides is 2. The standard InChI is InChI=1S/C13H15F2N7/c1-21-10-4-3-7(5-8(10)18-13(21)16)17-6-9-11(12(14)15)22(2)20-19-9/h3-5,12,17H,6H2,1-2H3,(H2,16,18). The van der Waals surface area contributed by atoms with Crippen molar-refractivity contribution in [3.8, 4) is 0 Å². The van der Waals surface area contributed by atoms with E-state index in [0.717, 1.165) is 21.4 Å². The summed E-state index contributed by atoms with van der Waals surface area (Å²) in [6.07, 6.45) is -2.62. The molecule has 0 aliphatic carbocycles. The van der Waals surface area contributed by atoms with Gasteiger partial charge in [0.2, 0.25) is 5.95 Å². The summed E-state index contributed by atoms with van der Waals surface area (Å²) in [4.78, 5) is 4.23. The number of hydrogen-bond donors (Lipinski definition) is 2. The van der Waals surface area contributed by atoms with Gasteiger partial charge in [-0.2, -0.15) is 0 Å². The van der Waals surface area contributed by atoms with E-state index in [1.165, 1.54) is 7.05 Å². The Kier molecular flexibility index (Phi) is 3.39. The Bertz CT molecular complexity index is 821. The molecule has 22 heavy (non-hydrogen) atoms. The van der Waals surface area contributed by atoms with Gasteiger partial charge in [-0.3, -0.25) is 0 Å². The molecule has 0 unspecified atom stereocenters. The third-order valence-electron chi connectivity index (χ3n) is 3.53. The van der Waals surface area contributed by atoms with E-state index in [2.05, 4.69) is 20.6 Å². The first-order valence-electron chi connectivity index (χ1n) is 6.59. The van der Waals surface area contributed by atoms with Crippen LogP contribution in [0.25, 0.3) is 11.0 Å². The maximum absolute atomic E-state index is 12.9. The number of imidazole rings is 1. The van der Waals surface area contributed by atoms with E-state index < -0.39 is 6.43 Å². The minimum Gasteiger partial charge on any atom is -0.379 e. The van der Waals surface area contributed by atoms with Crippen LogP contribution in [-0.2, 0) is 20.6 Å². The first-order chi connectivity index (χ1) is 10.5. The van der Waals surface area contributed by atoms with E-state index in [0.29, 0.717) is 5.95 Å². The Morgan fingerprint density at radius 3 is 2.82 bits per heavy atom. The number of rotatable bonds is 4. The number of aromatic nitrogens is 5. The number of halogens is 2. The molecule has 0 aliphatic heterocycles. The lowest BCUT2D eigenvalue weighted by Crippen LogP contribution is -2.05. The Hall–Kier alpha value is -2.71. The lowest BCUT2D eigenvalue weighted by Gasteiger charge is -2.06. The molecule has 0 saturated heterocycles. The molecular weight excluding hydrogens is 292 g/mol. The van der Waals surface area contributed by atoms with Gasteiger partial charge in [0.15, 0.2) is 0 Å². The zero-order valence-corrected chi connectivity index (χ0v) is 12.1. The second kappa shape index (κ2) is 5.24. The van der Waals surface area contributed by atoms with Crippen molar-refractivity contribution >= 4 is 22.7 Å². The summed E-state index contributed by atoms with van der Waals surface area (Å²) in [6.45, 7) is 0.154. The van der Waals surface area contributed by atoms with E-state index in [9.17, 15) is 8.78 Å². The quantitative estimate of drug-likeness (QED) is 0.768. The molecule has 2 aromatic heterocycles. The average Bonchev–Trinajstić information content (AvgIpc) is 2.97. The molecule has 0 fully saturated rings. The molecule has 0 atom stereocenters. The smallest absolute Gasteiger partial charge is 0.281 e. The van der Waals surface area contributed by atoms with Gasteiger partial charge in [0, 0.05) is 19.8 Å². The van der Waals surface area contributed by atoms with Crippen LogP contribution in [0.15, 0.2) is 18.2 Å². The maximum atomic E-state index is 12.9. The highest BCUT2D eigenvalue weighted by molar-refractivity contribution is 5.81. The van der Waals surface area contributed by atoms with Crippen LogP contribution in [0, 0.1) is 0 Å². The van der Waals surface area contributed by atoms with Crippen LogP contribution in [0.4, 0.5) is 20.4 Å². The molecule has 9 heteroatoms. The van der Waals surface area contributed by atoms with Crippen molar-refractivity contribution in [3.05, 3.63) is 29.6 Å². The van der Waals surface area contributed by atoms with Gasteiger partial charge >= 0.3 is 0 Å². The second-order valence-corrected chi connectivity index (χ2v) is 4.93. The van der Waals surface area contributed by atoms with Crippen molar-refractivity contribution in [2.75, 3.05) is 11.1 Å². The zero-order valence-electron chi connectivity index (χ0n) is 12.1. The van der Waals surface area contributed by atoms with Crippen molar-refractivity contribution < 1.29 is 8.78 Å². The average molecular weight is 307 g/mol. The molecule has 0 radical (unpaired) electrons. The van der Waals surface area contributed by atoms with Gasteiger partial charge in [-0.15, -0.1) is 5.10 Å². The van der Waals surface area contributed by atoms with Crippen molar-refractivity contribution in [2.24, 2.45) is 14.1 Å². The van der Waals surface area contributed by atoms with Crippen LogP contribution >= 0.6 is 0 Å². The van der Waals surface area contributed by atoms with E-state index >= 15 is 0 Å². The van der Waals surface area contributed by atoms with Crippen molar-refractivity contribution in [1.29, 1.82) is 0 Å². The van der Waals surface area contributed by atoms with E-state index in [-0.39, 0.29) is 17.9 Å². The number of nitrogens with two attached hydrogens (primary N) is 1. The summed E-state index contributed by atoms with van der Waals surface area (Å²) in [7, 11) is 3.27. The molecule has 0 saturated carbocycles. The minimum atomic E-state index is -2.62. The Morgan fingerprint density at radius 1 is 1.32 bits per heavy atom. The van der Waals surface area contributed by atoms with Crippen LogP contribution < -0.4 is 11.1 Å². The summed E-state index contributed by atoms with van der Waals surface area (Å²) < 4.78 is 28.8. The zero-order chi connectivity index (χ0) is 15.9. The molecule has 3 N–H and O–H groups in total. The van der Waals surface area contributed by atoms with Crippen molar-refractivity contribution in [3.63, 3.8) is 0 Å². The summed E-state index contributed by atoms with van der Waals surface area (Å²) >= 11 is 0. The normalized spacial score (nSPS) is 11.5. The molecule has 0 bridgehead atoms. The number of fused-ring (bicyclic) bond motifs is 1. The van der Waals surface area contributed by atoms with E-state index in [1.54, 1.807) is 4.57 Å². The number of nitrogens with zero attached hydrogens (tertiary/aromatic N) is 5. The summed E-state index contributed by atoms with van der Waals surface area (Å²) in [5.74, 6) is 0.418. The highest BCUT2D eigenvalue weighted by Gasteiger charge is 2.19. The lowest BCUT2D eigenvalue weighted by atomic mass is 10.2. The predicted molar refractivity (Wildman–Crippen MR) is 78.4 cm³/mol. The Balaban J connectivity index is 1.82. The first kappa shape index (κ1) is 14.2. The van der Waals surface area contributed by atoms with Crippen LogP contribution in [0.5, 0.6) is 0 Å². The number of anilines is 2. The number of nitrogen functional groups attached to an aromatic ring is 1. The fourth-order valence-corrected chi connectivity index (χ4v) is 2.31. The van der Waals surface area contributed by atoms with Gasteiger partial charge in [0.25, 0.3) is 6.43 Å². The molecule has 0 spiro atoms. The lowest BCUT2D eigenvalue weighted by molar-refractivity contribution is 0.139. The van der Waals surface area contributed by atoms with Gasteiger partial charge < -0.3 is 15.6 Å². The molecule has 3 aromatic rings. The topological polar surface area (TPSA) is 86.6 Å². The molecule has 2 heterocycles. The highest BCUT2D eigenvalue weighted by atomic mass is 19.3. The summed E-state index contributed by atoms with van der Waals surface area (Å²) in [6, 6.07) is 5.51. The molecular formula is C13H15F2N7. The third-order valence-corrected chi connectivity index (χ3v) is 3.53. The largest absolute Gasteiger partial charge is 0.379 e. The van der Waals surface area contributed by atoms with Gasteiger partial charge in [-0.05, 0) is 18.2 Å². The van der Waals surface area contributed by atoms with Gasteiger partial charge in [-0.1, -0.05) is 5.21 Å². The molecule has 7 nitrogen and oxygen atoms in total. The van der Waals surface area contributed by atoms with Crippen LogP contribution in [-0.4, -0.2) is 24.5 Å². The second-order valence-electron chi connectivity index (χ2n) is 4.93. The predicted octanol–water partition coefficient (Wildman–Crippen LogP) is 1.83.